The van der Waals surface area contributed by atoms with Crippen molar-refractivity contribution in [1.82, 2.24) is 13.9 Å². The van der Waals surface area contributed by atoms with E-state index in [9.17, 15) is 18.3 Å². The van der Waals surface area contributed by atoms with Crippen LogP contribution in [0.15, 0.2) is 59.9 Å². The van der Waals surface area contributed by atoms with E-state index < -0.39 is 21.9 Å². The highest BCUT2D eigenvalue weighted by Gasteiger charge is 2.27. The number of nitrogens with zero attached hydrogens (tertiary/aromatic N) is 3. The van der Waals surface area contributed by atoms with Crippen molar-refractivity contribution < 1.29 is 27.4 Å². The molecule has 2 aromatic heterocycles. The molecule has 176 valence electrons. The second-order valence-corrected chi connectivity index (χ2v) is 10.6. The van der Waals surface area contributed by atoms with Crippen LogP contribution in [0, 0.1) is 11.2 Å². The van der Waals surface area contributed by atoms with Crippen LogP contribution >= 0.6 is 0 Å². The lowest BCUT2D eigenvalue weighted by atomic mass is 9.96. The SMILES string of the molecule is COc1cccc(-c2cc(CN(CC(C)(C)C)C(=O)O)cn2S(=O)(=O)c2cccnc2)c1F. The molecule has 3 aromatic rings. The molecule has 3 rings (SSSR count). The van der Waals surface area contributed by atoms with Crippen molar-refractivity contribution in [2.45, 2.75) is 32.2 Å². The van der Waals surface area contributed by atoms with Gasteiger partial charge in [-0.05, 0) is 41.3 Å². The number of amides is 1. The van der Waals surface area contributed by atoms with E-state index in [4.69, 9.17) is 4.74 Å². The highest BCUT2D eigenvalue weighted by atomic mass is 32.2. The van der Waals surface area contributed by atoms with Crippen LogP contribution in [0.3, 0.4) is 0 Å². The number of carboxylic acid groups (broad SMARTS) is 1. The maximum absolute atomic E-state index is 15.1. The summed E-state index contributed by atoms with van der Waals surface area (Å²) in [5.41, 5.74) is 0.133. The summed E-state index contributed by atoms with van der Waals surface area (Å²) in [4.78, 5) is 16.8. The molecule has 8 nitrogen and oxygen atoms in total. The lowest BCUT2D eigenvalue weighted by Crippen LogP contribution is -2.36. The molecule has 0 saturated carbocycles. The van der Waals surface area contributed by atoms with Crippen LogP contribution in [0.1, 0.15) is 26.3 Å². The summed E-state index contributed by atoms with van der Waals surface area (Å²) in [6.07, 6.45) is 2.82. The van der Waals surface area contributed by atoms with Gasteiger partial charge in [0.25, 0.3) is 10.0 Å². The van der Waals surface area contributed by atoms with Gasteiger partial charge >= 0.3 is 6.09 Å². The first-order chi connectivity index (χ1) is 15.4. The number of ether oxygens (including phenoxy) is 1. The quantitative estimate of drug-likeness (QED) is 0.541. The van der Waals surface area contributed by atoms with Gasteiger partial charge in [0.2, 0.25) is 0 Å². The van der Waals surface area contributed by atoms with Crippen molar-refractivity contribution in [3.63, 3.8) is 0 Å². The van der Waals surface area contributed by atoms with Crippen LogP contribution in [0.4, 0.5) is 9.18 Å². The Labute approximate surface area is 192 Å². The number of methoxy groups -OCH3 is 1. The molecule has 0 bridgehead atoms. The average molecular weight is 476 g/mol. The molecule has 0 radical (unpaired) electrons. The van der Waals surface area contributed by atoms with E-state index in [1.165, 1.54) is 60.9 Å². The minimum absolute atomic E-state index is 0.00533. The second-order valence-electron chi connectivity index (χ2n) is 8.74. The smallest absolute Gasteiger partial charge is 0.407 e. The fraction of sp³-hybridized carbons (Fsp3) is 0.304. The zero-order valence-corrected chi connectivity index (χ0v) is 19.6. The molecular formula is C23H26FN3O5S. The fourth-order valence-electron chi connectivity index (χ4n) is 3.44. The van der Waals surface area contributed by atoms with Gasteiger partial charge in [-0.1, -0.05) is 26.8 Å². The predicted molar refractivity (Wildman–Crippen MR) is 121 cm³/mol. The van der Waals surface area contributed by atoms with Crippen LogP contribution in [-0.2, 0) is 16.6 Å². The van der Waals surface area contributed by atoms with E-state index in [1.54, 1.807) is 6.07 Å². The molecule has 0 aliphatic carbocycles. The lowest BCUT2D eigenvalue weighted by molar-refractivity contribution is 0.123. The summed E-state index contributed by atoms with van der Waals surface area (Å²) in [5, 5.41) is 9.66. The summed E-state index contributed by atoms with van der Waals surface area (Å²) in [6, 6.07) is 8.77. The van der Waals surface area contributed by atoms with Gasteiger partial charge in [-0.15, -0.1) is 0 Å². The summed E-state index contributed by atoms with van der Waals surface area (Å²) in [6.45, 7) is 5.86. The second kappa shape index (κ2) is 9.22. The van der Waals surface area contributed by atoms with Gasteiger partial charge in [0.05, 0.1) is 19.3 Å². The molecule has 10 heteroatoms. The first-order valence-corrected chi connectivity index (χ1v) is 11.6. The van der Waals surface area contributed by atoms with Crippen LogP contribution in [0.25, 0.3) is 11.3 Å². The maximum Gasteiger partial charge on any atom is 0.407 e. The van der Waals surface area contributed by atoms with Crippen molar-refractivity contribution in [2.24, 2.45) is 5.41 Å². The monoisotopic (exact) mass is 475 g/mol. The van der Waals surface area contributed by atoms with Gasteiger partial charge < -0.3 is 14.7 Å². The molecule has 2 heterocycles. The third-order valence-corrected chi connectivity index (χ3v) is 6.46. The summed E-state index contributed by atoms with van der Waals surface area (Å²) in [7, 11) is -2.83. The number of pyridine rings is 1. The Balaban J connectivity index is 2.18. The van der Waals surface area contributed by atoms with E-state index >= 15 is 4.39 Å². The predicted octanol–water partition coefficient (Wildman–Crippen LogP) is 4.46. The Bertz CT molecular complexity index is 1250. The Hall–Kier alpha value is -3.40. The number of benzene rings is 1. The number of halogens is 1. The van der Waals surface area contributed by atoms with Crippen molar-refractivity contribution in [3.8, 4) is 17.0 Å². The van der Waals surface area contributed by atoms with Crippen molar-refractivity contribution in [3.05, 3.63) is 66.4 Å². The van der Waals surface area contributed by atoms with Gasteiger partial charge in [0.1, 0.15) is 4.90 Å². The highest BCUT2D eigenvalue weighted by Crippen LogP contribution is 2.33. The minimum atomic E-state index is -4.14. The standard InChI is InChI=1S/C23H26FN3O5S/c1-23(2,3)15-26(22(28)29)13-16-11-19(18-8-5-9-20(32-4)21(18)24)27(14-16)33(30,31)17-7-6-10-25-12-17/h5-12,14H,13,15H2,1-4H3,(H,28,29). The van der Waals surface area contributed by atoms with Crippen molar-refractivity contribution in [2.75, 3.05) is 13.7 Å². The number of aromatic nitrogens is 2. The number of hydrogen-bond acceptors (Lipinski definition) is 5. The Morgan fingerprint density at radius 2 is 1.97 bits per heavy atom. The van der Waals surface area contributed by atoms with Gasteiger partial charge in [0, 0.05) is 30.7 Å². The minimum Gasteiger partial charge on any atom is -0.494 e. The average Bonchev–Trinajstić information content (AvgIpc) is 3.17. The van der Waals surface area contributed by atoms with Crippen LogP contribution in [0.5, 0.6) is 5.75 Å². The summed E-state index contributed by atoms with van der Waals surface area (Å²) in [5.74, 6) is -0.766. The molecule has 0 unspecified atom stereocenters. The zero-order valence-electron chi connectivity index (χ0n) is 18.8. The number of rotatable bonds is 7. The molecule has 1 N–H and O–H groups in total. The van der Waals surface area contributed by atoms with Gasteiger partial charge in [-0.25, -0.2) is 21.6 Å². The van der Waals surface area contributed by atoms with E-state index in [0.717, 1.165) is 3.97 Å². The third-order valence-electron chi connectivity index (χ3n) is 4.80. The molecule has 33 heavy (non-hydrogen) atoms. The lowest BCUT2D eigenvalue weighted by Gasteiger charge is -2.27. The maximum atomic E-state index is 15.1. The highest BCUT2D eigenvalue weighted by molar-refractivity contribution is 7.90. The first kappa shape index (κ1) is 24.2. The Morgan fingerprint density at radius 1 is 1.24 bits per heavy atom. The Kier molecular flexibility index (Phi) is 6.78. The van der Waals surface area contributed by atoms with Crippen LogP contribution < -0.4 is 4.74 Å². The van der Waals surface area contributed by atoms with E-state index in [1.807, 2.05) is 20.8 Å². The van der Waals surface area contributed by atoms with E-state index in [0.29, 0.717) is 5.56 Å². The van der Waals surface area contributed by atoms with E-state index in [-0.39, 0.29) is 40.4 Å². The number of hydrogen-bond donors (Lipinski definition) is 1. The van der Waals surface area contributed by atoms with Crippen molar-refractivity contribution in [1.29, 1.82) is 0 Å². The van der Waals surface area contributed by atoms with Gasteiger partial charge in [-0.3, -0.25) is 4.98 Å². The van der Waals surface area contributed by atoms with Crippen molar-refractivity contribution >= 4 is 16.1 Å². The molecule has 0 fully saturated rings. The number of carbonyl (C=O) groups is 1. The molecule has 0 saturated heterocycles. The molecule has 1 aromatic carbocycles. The van der Waals surface area contributed by atoms with Gasteiger partial charge in [0.15, 0.2) is 11.6 Å². The zero-order chi connectivity index (χ0) is 24.4. The molecule has 0 spiro atoms. The normalized spacial score (nSPS) is 11.9. The molecular weight excluding hydrogens is 449 g/mol. The first-order valence-electron chi connectivity index (χ1n) is 10.1. The summed E-state index contributed by atoms with van der Waals surface area (Å²) >= 11 is 0. The topological polar surface area (TPSA) is 102 Å². The molecule has 0 aliphatic heterocycles. The molecule has 0 atom stereocenters. The summed E-state index contributed by atoms with van der Waals surface area (Å²) < 4.78 is 47.9. The van der Waals surface area contributed by atoms with Crippen LogP contribution in [-0.4, -0.2) is 47.1 Å². The fourth-order valence-corrected chi connectivity index (χ4v) is 4.80. The van der Waals surface area contributed by atoms with Crippen LogP contribution in [0.2, 0.25) is 0 Å². The van der Waals surface area contributed by atoms with E-state index in [2.05, 4.69) is 4.98 Å². The largest absolute Gasteiger partial charge is 0.494 e. The molecule has 1 amide bonds. The third kappa shape index (κ3) is 5.33. The Morgan fingerprint density at radius 3 is 2.55 bits per heavy atom. The molecule has 0 aliphatic rings. The van der Waals surface area contributed by atoms with Gasteiger partial charge in [-0.2, -0.15) is 0 Å².